The summed E-state index contributed by atoms with van der Waals surface area (Å²) in [6.07, 6.45) is 3.53. The predicted molar refractivity (Wildman–Crippen MR) is 88.6 cm³/mol. The van der Waals surface area contributed by atoms with Crippen molar-refractivity contribution >= 4 is 12.2 Å². The van der Waals surface area contributed by atoms with Gasteiger partial charge in [0, 0.05) is 38.2 Å². The smallest absolute Gasteiger partial charge is 0.199 e. The molecule has 1 aliphatic heterocycles. The molecule has 0 spiro atoms. The van der Waals surface area contributed by atoms with Gasteiger partial charge in [-0.1, -0.05) is 0 Å². The molecule has 0 atom stereocenters. The van der Waals surface area contributed by atoms with Crippen LogP contribution in [0.15, 0.2) is 24.5 Å². The van der Waals surface area contributed by atoms with Gasteiger partial charge in [-0.3, -0.25) is 14.5 Å². The van der Waals surface area contributed by atoms with Crippen molar-refractivity contribution in [3.63, 3.8) is 0 Å². The van der Waals surface area contributed by atoms with Gasteiger partial charge >= 0.3 is 0 Å². The Morgan fingerprint density at radius 3 is 2.70 bits per heavy atom. The number of morpholine rings is 1. The van der Waals surface area contributed by atoms with E-state index in [0.717, 1.165) is 37.7 Å². The molecule has 0 unspecified atom stereocenters. The summed E-state index contributed by atoms with van der Waals surface area (Å²) in [7, 11) is 1.69. The third-order valence-corrected chi connectivity index (χ3v) is 4.25. The molecule has 0 aromatic carbocycles. The minimum absolute atomic E-state index is 0.593. The van der Waals surface area contributed by atoms with E-state index in [1.165, 1.54) is 0 Å². The third kappa shape index (κ3) is 3.84. The third-order valence-electron chi connectivity index (χ3n) is 3.82. The van der Waals surface area contributed by atoms with Crippen LogP contribution in [0.3, 0.4) is 0 Å². The predicted octanol–water partition coefficient (Wildman–Crippen LogP) is 1.41. The zero-order chi connectivity index (χ0) is 16.1. The topological polar surface area (TPSA) is 57.3 Å². The Kier molecular flexibility index (Phi) is 5.50. The molecule has 0 radical (unpaired) electrons. The van der Waals surface area contributed by atoms with Gasteiger partial charge in [-0.15, -0.1) is 0 Å². The maximum absolute atomic E-state index is 5.63. The highest BCUT2D eigenvalue weighted by molar-refractivity contribution is 7.71. The Hall–Kier alpha value is -1.61. The van der Waals surface area contributed by atoms with Crippen LogP contribution < -0.4 is 0 Å². The van der Waals surface area contributed by atoms with E-state index in [9.17, 15) is 0 Å². The fourth-order valence-electron chi connectivity index (χ4n) is 2.56. The summed E-state index contributed by atoms with van der Waals surface area (Å²) in [5.74, 6) is 0.850. The first kappa shape index (κ1) is 16.3. The second-order valence-corrected chi connectivity index (χ2v) is 5.72. The van der Waals surface area contributed by atoms with Gasteiger partial charge in [0.1, 0.15) is 0 Å². The van der Waals surface area contributed by atoms with Gasteiger partial charge in [0.05, 0.1) is 33.0 Å². The Morgan fingerprint density at radius 2 is 2.00 bits per heavy atom. The summed E-state index contributed by atoms with van der Waals surface area (Å²) >= 11 is 5.63. The van der Waals surface area contributed by atoms with Crippen LogP contribution >= 0.6 is 12.2 Å². The van der Waals surface area contributed by atoms with E-state index in [0.29, 0.717) is 24.6 Å². The highest BCUT2D eigenvalue weighted by Crippen LogP contribution is 2.18. The minimum atomic E-state index is 0.593. The zero-order valence-electron chi connectivity index (χ0n) is 13.2. The Labute approximate surface area is 140 Å². The molecule has 1 aliphatic rings. The normalized spacial score (nSPS) is 15.9. The van der Waals surface area contributed by atoms with Crippen molar-refractivity contribution in [1.82, 2.24) is 24.2 Å². The molecule has 0 amide bonds. The number of methoxy groups -OCH3 is 1. The van der Waals surface area contributed by atoms with E-state index >= 15 is 0 Å². The van der Waals surface area contributed by atoms with Crippen LogP contribution in [0.25, 0.3) is 11.4 Å². The average molecular weight is 335 g/mol. The molecule has 7 nitrogen and oxygen atoms in total. The molecule has 23 heavy (non-hydrogen) atoms. The molecule has 8 heteroatoms. The van der Waals surface area contributed by atoms with Gasteiger partial charge in [-0.05, 0) is 24.4 Å². The molecule has 2 aromatic heterocycles. The van der Waals surface area contributed by atoms with Crippen molar-refractivity contribution in [2.75, 3.05) is 40.0 Å². The van der Waals surface area contributed by atoms with Gasteiger partial charge < -0.3 is 9.47 Å². The highest BCUT2D eigenvalue weighted by atomic mass is 32.1. The van der Waals surface area contributed by atoms with E-state index in [4.69, 9.17) is 26.8 Å². The number of pyridine rings is 1. The lowest BCUT2D eigenvalue weighted by molar-refractivity contribution is 0.0209. The highest BCUT2D eigenvalue weighted by Gasteiger charge is 2.16. The molecule has 0 saturated carbocycles. The molecule has 3 rings (SSSR count). The molecule has 3 heterocycles. The number of nitrogens with zero attached hydrogens (tertiary/aromatic N) is 5. The van der Waals surface area contributed by atoms with Crippen LogP contribution in [-0.2, 0) is 22.7 Å². The van der Waals surface area contributed by atoms with Crippen molar-refractivity contribution in [2.45, 2.75) is 13.2 Å². The quantitative estimate of drug-likeness (QED) is 0.744. The second kappa shape index (κ2) is 7.78. The first-order valence-electron chi connectivity index (χ1n) is 7.66. The Bertz CT molecular complexity index is 679. The number of ether oxygens (including phenoxy) is 2. The molecule has 0 aliphatic carbocycles. The van der Waals surface area contributed by atoms with Crippen LogP contribution in [0.1, 0.15) is 0 Å². The SMILES string of the molecule is COCCn1c(-c2ccncc2)nn(CN2CCOCC2)c1=S. The van der Waals surface area contributed by atoms with Gasteiger partial charge in [0.25, 0.3) is 0 Å². The van der Waals surface area contributed by atoms with E-state index in [1.54, 1.807) is 19.5 Å². The zero-order valence-corrected chi connectivity index (χ0v) is 14.0. The van der Waals surface area contributed by atoms with Crippen molar-refractivity contribution in [2.24, 2.45) is 0 Å². The first-order chi connectivity index (χ1) is 11.3. The van der Waals surface area contributed by atoms with Crippen molar-refractivity contribution < 1.29 is 9.47 Å². The molecule has 124 valence electrons. The fourth-order valence-corrected chi connectivity index (χ4v) is 2.84. The number of hydrogen-bond acceptors (Lipinski definition) is 6. The Morgan fingerprint density at radius 1 is 1.26 bits per heavy atom. The van der Waals surface area contributed by atoms with E-state index in [2.05, 4.69) is 9.88 Å². The average Bonchev–Trinajstić information content (AvgIpc) is 2.91. The molecule has 2 aromatic rings. The second-order valence-electron chi connectivity index (χ2n) is 5.36. The van der Waals surface area contributed by atoms with Crippen molar-refractivity contribution in [1.29, 1.82) is 0 Å². The lowest BCUT2D eigenvalue weighted by Gasteiger charge is -2.26. The standard InChI is InChI=1S/C15H21N5O2S/c1-21-9-8-19-14(13-2-4-16-5-3-13)17-20(15(19)23)12-18-6-10-22-11-7-18/h2-5H,6-12H2,1H3. The molecule has 1 saturated heterocycles. The van der Waals surface area contributed by atoms with Gasteiger partial charge in [0.15, 0.2) is 10.6 Å². The van der Waals surface area contributed by atoms with E-state index in [1.807, 2.05) is 21.4 Å². The lowest BCUT2D eigenvalue weighted by Crippen LogP contribution is -2.37. The minimum Gasteiger partial charge on any atom is -0.383 e. The van der Waals surface area contributed by atoms with Gasteiger partial charge in [0.2, 0.25) is 0 Å². The summed E-state index contributed by atoms with van der Waals surface area (Å²) in [5.41, 5.74) is 1.00. The van der Waals surface area contributed by atoms with Crippen LogP contribution in [-0.4, -0.2) is 64.3 Å². The Balaban J connectivity index is 1.91. The lowest BCUT2D eigenvalue weighted by atomic mass is 10.2. The summed E-state index contributed by atoms with van der Waals surface area (Å²) in [5, 5.41) is 4.74. The molecular weight excluding hydrogens is 314 g/mol. The molecule has 1 fully saturated rings. The number of rotatable bonds is 6. The summed E-state index contributed by atoms with van der Waals surface area (Å²) in [6, 6.07) is 3.89. The number of hydrogen-bond donors (Lipinski definition) is 0. The molecular formula is C15H21N5O2S. The molecule has 0 bridgehead atoms. The van der Waals surface area contributed by atoms with Crippen LogP contribution in [0.2, 0.25) is 0 Å². The maximum Gasteiger partial charge on any atom is 0.199 e. The first-order valence-corrected chi connectivity index (χ1v) is 8.07. The summed E-state index contributed by atoms with van der Waals surface area (Å²) < 4.78 is 15.2. The van der Waals surface area contributed by atoms with Crippen molar-refractivity contribution in [3.8, 4) is 11.4 Å². The molecule has 0 N–H and O–H groups in total. The largest absolute Gasteiger partial charge is 0.383 e. The van der Waals surface area contributed by atoms with Crippen LogP contribution in [0, 0.1) is 4.77 Å². The number of aromatic nitrogens is 4. The fraction of sp³-hybridized carbons (Fsp3) is 0.533. The van der Waals surface area contributed by atoms with E-state index < -0.39 is 0 Å². The monoisotopic (exact) mass is 335 g/mol. The van der Waals surface area contributed by atoms with E-state index in [-0.39, 0.29) is 0 Å². The summed E-state index contributed by atoms with van der Waals surface area (Å²) in [6.45, 7) is 5.27. The summed E-state index contributed by atoms with van der Waals surface area (Å²) in [4.78, 5) is 6.36. The van der Waals surface area contributed by atoms with Crippen molar-refractivity contribution in [3.05, 3.63) is 29.3 Å². The maximum atomic E-state index is 5.63. The van der Waals surface area contributed by atoms with Gasteiger partial charge in [-0.25, -0.2) is 4.68 Å². The van der Waals surface area contributed by atoms with Gasteiger partial charge in [-0.2, -0.15) is 5.10 Å². The van der Waals surface area contributed by atoms with Crippen LogP contribution in [0.5, 0.6) is 0 Å². The van der Waals surface area contributed by atoms with Crippen LogP contribution in [0.4, 0.5) is 0 Å².